The molecule has 110 valence electrons. The summed E-state index contributed by atoms with van der Waals surface area (Å²) < 4.78 is 0. The Labute approximate surface area is 131 Å². The van der Waals surface area contributed by atoms with Gasteiger partial charge in [0.1, 0.15) is 0 Å². The number of fused-ring (bicyclic) bond motifs is 1. The van der Waals surface area contributed by atoms with Crippen LogP contribution in [0.1, 0.15) is 18.4 Å². The summed E-state index contributed by atoms with van der Waals surface area (Å²) in [6.45, 7) is 2.88. The monoisotopic (exact) mass is 314 g/mol. The van der Waals surface area contributed by atoms with Gasteiger partial charge >= 0.3 is 0 Å². The first-order chi connectivity index (χ1) is 9.24. The van der Waals surface area contributed by atoms with Gasteiger partial charge in [0.05, 0.1) is 6.42 Å². The van der Waals surface area contributed by atoms with E-state index in [1.165, 1.54) is 6.42 Å². The second-order valence-corrected chi connectivity index (χ2v) is 5.91. The first kappa shape index (κ1) is 15.6. The molecule has 2 heterocycles. The Kier molecular flexibility index (Phi) is 5.30. The maximum atomic E-state index is 12.4. The molecule has 0 aromatic heterocycles. The SMILES string of the molecule is Cl.O=C(Cc1ccccc1Cl)N1CCC2NCCC2C1. The molecule has 2 aliphatic rings. The van der Waals surface area contributed by atoms with Crippen LogP contribution in [0.2, 0.25) is 5.02 Å². The summed E-state index contributed by atoms with van der Waals surface area (Å²) in [5.74, 6) is 0.849. The zero-order valence-corrected chi connectivity index (χ0v) is 12.9. The van der Waals surface area contributed by atoms with Crippen LogP contribution in [0.5, 0.6) is 0 Å². The van der Waals surface area contributed by atoms with E-state index in [2.05, 4.69) is 5.32 Å². The smallest absolute Gasteiger partial charge is 0.227 e. The highest BCUT2D eigenvalue weighted by atomic mass is 35.5. The van der Waals surface area contributed by atoms with Crippen molar-refractivity contribution in [3.63, 3.8) is 0 Å². The van der Waals surface area contributed by atoms with E-state index in [4.69, 9.17) is 11.6 Å². The van der Waals surface area contributed by atoms with Crippen LogP contribution in [0.4, 0.5) is 0 Å². The van der Waals surface area contributed by atoms with Gasteiger partial charge in [0.15, 0.2) is 0 Å². The predicted octanol–water partition coefficient (Wildman–Crippen LogP) is 2.51. The Balaban J connectivity index is 0.00000147. The van der Waals surface area contributed by atoms with Crippen LogP contribution < -0.4 is 5.32 Å². The van der Waals surface area contributed by atoms with E-state index in [1.807, 2.05) is 29.2 Å². The predicted molar refractivity (Wildman–Crippen MR) is 83.5 cm³/mol. The van der Waals surface area contributed by atoms with E-state index in [0.717, 1.165) is 31.6 Å². The van der Waals surface area contributed by atoms with Crippen molar-refractivity contribution >= 4 is 29.9 Å². The summed E-state index contributed by atoms with van der Waals surface area (Å²) in [4.78, 5) is 14.4. The Bertz CT molecular complexity index is 481. The molecule has 1 N–H and O–H groups in total. The van der Waals surface area contributed by atoms with Crippen molar-refractivity contribution in [1.82, 2.24) is 10.2 Å². The van der Waals surface area contributed by atoms with Crippen LogP contribution >= 0.6 is 24.0 Å². The third-order valence-electron chi connectivity index (χ3n) is 4.31. The van der Waals surface area contributed by atoms with Crippen molar-refractivity contribution in [2.75, 3.05) is 19.6 Å². The first-order valence-electron chi connectivity index (χ1n) is 6.98. The molecule has 3 rings (SSSR count). The van der Waals surface area contributed by atoms with Gasteiger partial charge in [-0.3, -0.25) is 4.79 Å². The molecule has 2 saturated heterocycles. The zero-order valence-electron chi connectivity index (χ0n) is 11.3. The van der Waals surface area contributed by atoms with Crippen LogP contribution in [0.3, 0.4) is 0 Å². The summed E-state index contributed by atoms with van der Waals surface area (Å²) in [5, 5.41) is 4.21. The quantitative estimate of drug-likeness (QED) is 0.909. The summed E-state index contributed by atoms with van der Waals surface area (Å²) in [5.41, 5.74) is 0.931. The third-order valence-corrected chi connectivity index (χ3v) is 4.68. The molecule has 0 radical (unpaired) electrons. The van der Waals surface area contributed by atoms with Gasteiger partial charge in [0.25, 0.3) is 0 Å². The summed E-state index contributed by atoms with van der Waals surface area (Å²) >= 11 is 6.12. The van der Waals surface area contributed by atoms with E-state index in [0.29, 0.717) is 23.4 Å². The standard InChI is InChI=1S/C15H19ClN2O.ClH/c16-13-4-2-1-3-11(13)9-15(19)18-8-6-14-12(10-18)5-7-17-14;/h1-4,12,14,17H,5-10H2;1H. The number of hydrogen-bond acceptors (Lipinski definition) is 2. The maximum absolute atomic E-state index is 12.4. The van der Waals surface area contributed by atoms with Crippen LogP contribution in [0, 0.1) is 5.92 Å². The van der Waals surface area contributed by atoms with Crippen molar-refractivity contribution in [1.29, 1.82) is 0 Å². The van der Waals surface area contributed by atoms with Crippen molar-refractivity contribution in [2.45, 2.75) is 25.3 Å². The minimum absolute atomic E-state index is 0. The normalized spacial score (nSPS) is 24.9. The van der Waals surface area contributed by atoms with Gasteiger partial charge < -0.3 is 10.2 Å². The molecule has 2 unspecified atom stereocenters. The molecule has 1 aromatic carbocycles. The van der Waals surface area contributed by atoms with Crippen molar-refractivity contribution in [3.05, 3.63) is 34.9 Å². The molecule has 3 nitrogen and oxygen atoms in total. The van der Waals surface area contributed by atoms with E-state index in [1.54, 1.807) is 0 Å². The summed E-state index contributed by atoms with van der Waals surface area (Å²) in [7, 11) is 0. The van der Waals surface area contributed by atoms with Crippen molar-refractivity contribution in [3.8, 4) is 0 Å². The highest BCUT2D eigenvalue weighted by Crippen LogP contribution is 2.25. The van der Waals surface area contributed by atoms with Gasteiger partial charge in [0, 0.05) is 24.2 Å². The van der Waals surface area contributed by atoms with Gasteiger partial charge in [-0.1, -0.05) is 29.8 Å². The number of nitrogens with one attached hydrogen (secondary N) is 1. The molecule has 2 aliphatic heterocycles. The van der Waals surface area contributed by atoms with Gasteiger partial charge in [-0.2, -0.15) is 0 Å². The lowest BCUT2D eigenvalue weighted by Crippen LogP contribution is -2.47. The topological polar surface area (TPSA) is 32.3 Å². The fourth-order valence-electron chi connectivity index (χ4n) is 3.19. The molecule has 1 aromatic rings. The highest BCUT2D eigenvalue weighted by Gasteiger charge is 2.34. The lowest BCUT2D eigenvalue weighted by Gasteiger charge is -2.35. The first-order valence-corrected chi connectivity index (χ1v) is 7.36. The average molecular weight is 315 g/mol. The molecule has 0 bridgehead atoms. The fraction of sp³-hybridized carbons (Fsp3) is 0.533. The molecule has 2 fully saturated rings. The van der Waals surface area contributed by atoms with E-state index in [-0.39, 0.29) is 18.3 Å². The van der Waals surface area contributed by atoms with E-state index >= 15 is 0 Å². The molecular weight excluding hydrogens is 295 g/mol. The van der Waals surface area contributed by atoms with Gasteiger partial charge in [-0.25, -0.2) is 0 Å². The Morgan fingerprint density at radius 1 is 1.35 bits per heavy atom. The van der Waals surface area contributed by atoms with E-state index < -0.39 is 0 Å². The minimum atomic E-state index is 0. The molecule has 2 atom stereocenters. The van der Waals surface area contributed by atoms with Crippen LogP contribution in [0.15, 0.2) is 24.3 Å². The number of amides is 1. The highest BCUT2D eigenvalue weighted by molar-refractivity contribution is 6.31. The number of rotatable bonds is 2. The number of piperidine rings is 1. The Hall–Kier alpha value is -0.770. The Morgan fingerprint density at radius 2 is 2.15 bits per heavy atom. The van der Waals surface area contributed by atoms with E-state index in [9.17, 15) is 4.79 Å². The van der Waals surface area contributed by atoms with Gasteiger partial charge in [-0.05, 0) is 36.9 Å². The third kappa shape index (κ3) is 3.27. The minimum Gasteiger partial charge on any atom is -0.342 e. The summed E-state index contributed by atoms with van der Waals surface area (Å²) in [6.07, 6.45) is 2.70. The van der Waals surface area contributed by atoms with Crippen molar-refractivity contribution in [2.24, 2.45) is 5.92 Å². The van der Waals surface area contributed by atoms with Crippen LogP contribution in [0.25, 0.3) is 0 Å². The molecule has 0 saturated carbocycles. The number of carbonyl (C=O) groups excluding carboxylic acids is 1. The molecule has 20 heavy (non-hydrogen) atoms. The van der Waals surface area contributed by atoms with Gasteiger partial charge in [0.2, 0.25) is 5.91 Å². The average Bonchev–Trinajstić information content (AvgIpc) is 2.88. The van der Waals surface area contributed by atoms with Crippen LogP contribution in [-0.4, -0.2) is 36.5 Å². The maximum Gasteiger partial charge on any atom is 0.227 e. The number of benzene rings is 1. The second kappa shape index (κ2) is 6.79. The number of carbonyl (C=O) groups is 1. The van der Waals surface area contributed by atoms with Gasteiger partial charge in [-0.15, -0.1) is 12.4 Å². The number of likely N-dealkylation sites (tertiary alicyclic amines) is 1. The van der Waals surface area contributed by atoms with Crippen molar-refractivity contribution < 1.29 is 4.79 Å². The fourth-order valence-corrected chi connectivity index (χ4v) is 3.39. The molecular formula is C15H20Cl2N2O. The molecule has 5 heteroatoms. The second-order valence-electron chi connectivity index (χ2n) is 5.51. The molecule has 1 amide bonds. The number of halogens is 2. The molecule has 0 spiro atoms. The van der Waals surface area contributed by atoms with Crippen LogP contribution in [-0.2, 0) is 11.2 Å². The number of hydrogen-bond donors (Lipinski definition) is 1. The Morgan fingerprint density at radius 3 is 2.95 bits per heavy atom. The summed E-state index contributed by atoms with van der Waals surface area (Å²) in [6, 6.07) is 8.24. The number of nitrogens with zero attached hydrogens (tertiary/aromatic N) is 1. The lowest BCUT2D eigenvalue weighted by molar-refractivity contribution is -0.132. The lowest BCUT2D eigenvalue weighted by atomic mass is 9.93. The largest absolute Gasteiger partial charge is 0.342 e. The molecule has 0 aliphatic carbocycles. The zero-order chi connectivity index (χ0) is 13.2.